The lowest BCUT2D eigenvalue weighted by molar-refractivity contribution is 0.353. The lowest BCUT2D eigenvalue weighted by Crippen LogP contribution is -2.45. The predicted molar refractivity (Wildman–Crippen MR) is 86.0 cm³/mol. The van der Waals surface area contributed by atoms with Crippen molar-refractivity contribution in [2.45, 2.75) is 70.3 Å². The Labute approximate surface area is 122 Å². The molecule has 0 radical (unpaired) electrons. The average molecular weight is 267 g/mol. The second-order valence-electron chi connectivity index (χ2n) is 6.98. The summed E-state index contributed by atoms with van der Waals surface area (Å²) in [4.78, 5) is 0. The molecular formula is C19H25N. The molecule has 2 aliphatic carbocycles. The Morgan fingerprint density at radius 3 is 2.60 bits per heavy atom. The van der Waals surface area contributed by atoms with Crippen molar-refractivity contribution < 1.29 is 0 Å². The zero-order chi connectivity index (χ0) is 13.6. The molecule has 0 aromatic heterocycles. The average Bonchev–Trinajstić information content (AvgIpc) is 2.50. The maximum Gasteiger partial charge on any atom is 0.0591 e. The molecule has 1 aromatic rings. The molecule has 0 atom stereocenters. The summed E-state index contributed by atoms with van der Waals surface area (Å²) < 4.78 is 0. The van der Waals surface area contributed by atoms with E-state index in [1.807, 2.05) is 0 Å². The molecule has 1 aliphatic heterocycles. The fourth-order valence-electron chi connectivity index (χ4n) is 4.66. The summed E-state index contributed by atoms with van der Waals surface area (Å²) in [7, 11) is 0. The smallest absolute Gasteiger partial charge is 0.0591 e. The molecule has 1 spiro atoms. The number of hydrogen-bond donors (Lipinski definition) is 1. The maximum absolute atomic E-state index is 3.98. The highest BCUT2D eigenvalue weighted by atomic mass is 15.0. The van der Waals surface area contributed by atoms with Gasteiger partial charge in [-0.2, -0.15) is 0 Å². The zero-order valence-electron chi connectivity index (χ0n) is 12.6. The predicted octanol–water partition coefficient (Wildman–Crippen LogP) is 5.45. The Bertz CT molecular complexity index is 561. The van der Waals surface area contributed by atoms with Crippen molar-refractivity contribution in [3.05, 3.63) is 34.9 Å². The van der Waals surface area contributed by atoms with E-state index in [9.17, 15) is 0 Å². The first-order valence-electron chi connectivity index (χ1n) is 8.40. The molecule has 1 heteroatoms. The number of aryl methyl sites for hydroxylation is 1. The van der Waals surface area contributed by atoms with Crippen LogP contribution in [0.25, 0.3) is 5.57 Å². The molecule has 1 heterocycles. The zero-order valence-corrected chi connectivity index (χ0v) is 12.6. The summed E-state index contributed by atoms with van der Waals surface area (Å²) in [5, 5.41) is 3.98. The third-order valence-corrected chi connectivity index (χ3v) is 5.63. The largest absolute Gasteiger partial charge is 0.375 e. The van der Waals surface area contributed by atoms with Crippen LogP contribution in [0.3, 0.4) is 0 Å². The molecule has 0 unspecified atom stereocenters. The van der Waals surface area contributed by atoms with Gasteiger partial charge in [0.15, 0.2) is 0 Å². The Morgan fingerprint density at radius 2 is 1.75 bits per heavy atom. The standard InChI is InChI=1S/C19H25N/c1-14-9-10-18-16(13-14)15-7-3-4-8-17(15)19(20-18)11-5-2-6-12-19/h9-10,13,20H,2-8,11-12H2,1H3. The molecule has 1 N–H and O–H groups in total. The highest BCUT2D eigenvalue weighted by Gasteiger charge is 2.41. The van der Waals surface area contributed by atoms with Crippen molar-refractivity contribution in [3.8, 4) is 0 Å². The number of rotatable bonds is 0. The number of fused-ring (bicyclic) bond motifs is 3. The minimum absolute atomic E-state index is 0.316. The molecule has 4 rings (SSSR count). The quantitative estimate of drug-likeness (QED) is 0.659. The number of hydrogen-bond acceptors (Lipinski definition) is 1. The van der Waals surface area contributed by atoms with Gasteiger partial charge in [0.2, 0.25) is 0 Å². The van der Waals surface area contributed by atoms with Crippen LogP contribution in [-0.2, 0) is 0 Å². The summed E-state index contributed by atoms with van der Waals surface area (Å²) >= 11 is 0. The Morgan fingerprint density at radius 1 is 0.950 bits per heavy atom. The molecule has 20 heavy (non-hydrogen) atoms. The van der Waals surface area contributed by atoms with Crippen molar-refractivity contribution in [1.82, 2.24) is 0 Å². The van der Waals surface area contributed by atoms with Gasteiger partial charge in [0.1, 0.15) is 0 Å². The van der Waals surface area contributed by atoms with E-state index in [-0.39, 0.29) is 0 Å². The number of nitrogens with one attached hydrogen (secondary N) is 1. The second kappa shape index (κ2) is 4.65. The number of benzene rings is 1. The van der Waals surface area contributed by atoms with Crippen LogP contribution < -0.4 is 5.32 Å². The lowest BCUT2D eigenvalue weighted by Gasteiger charge is -2.47. The van der Waals surface area contributed by atoms with E-state index in [0.717, 1.165) is 0 Å². The van der Waals surface area contributed by atoms with Crippen molar-refractivity contribution in [1.29, 1.82) is 0 Å². The molecule has 1 aromatic carbocycles. The van der Waals surface area contributed by atoms with Gasteiger partial charge in [0.05, 0.1) is 5.54 Å². The van der Waals surface area contributed by atoms with E-state index in [2.05, 4.69) is 30.4 Å². The van der Waals surface area contributed by atoms with Gasteiger partial charge < -0.3 is 5.32 Å². The van der Waals surface area contributed by atoms with Gasteiger partial charge >= 0.3 is 0 Å². The summed E-state index contributed by atoms with van der Waals surface area (Å²) in [6.07, 6.45) is 12.3. The molecule has 1 fully saturated rings. The number of allylic oxidation sites excluding steroid dienone is 1. The summed E-state index contributed by atoms with van der Waals surface area (Å²) in [5.41, 5.74) is 8.10. The molecule has 3 aliphatic rings. The van der Waals surface area contributed by atoms with Crippen LogP contribution in [0.4, 0.5) is 5.69 Å². The van der Waals surface area contributed by atoms with Gasteiger partial charge in [-0.05, 0) is 68.7 Å². The van der Waals surface area contributed by atoms with Gasteiger partial charge in [-0.25, -0.2) is 0 Å². The topological polar surface area (TPSA) is 12.0 Å². The monoisotopic (exact) mass is 267 g/mol. The van der Waals surface area contributed by atoms with Crippen molar-refractivity contribution in [2.75, 3.05) is 5.32 Å². The van der Waals surface area contributed by atoms with E-state index in [1.165, 1.54) is 74.6 Å². The van der Waals surface area contributed by atoms with Crippen molar-refractivity contribution >= 4 is 11.3 Å². The minimum atomic E-state index is 0.316. The second-order valence-corrected chi connectivity index (χ2v) is 6.98. The van der Waals surface area contributed by atoms with Gasteiger partial charge in [-0.3, -0.25) is 0 Å². The fourth-order valence-corrected chi connectivity index (χ4v) is 4.66. The highest BCUT2D eigenvalue weighted by molar-refractivity contribution is 5.84. The molecule has 1 saturated carbocycles. The van der Waals surface area contributed by atoms with E-state index < -0.39 is 0 Å². The van der Waals surface area contributed by atoms with Gasteiger partial charge in [0.25, 0.3) is 0 Å². The SMILES string of the molecule is Cc1ccc2c(c1)C1=C(CCCC1)C1(CCCCC1)N2. The van der Waals surface area contributed by atoms with Crippen LogP contribution in [0.1, 0.15) is 68.9 Å². The Balaban J connectivity index is 1.88. The molecule has 0 bridgehead atoms. The molecular weight excluding hydrogens is 242 g/mol. The molecule has 106 valence electrons. The van der Waals surface area contributed by atoms with Crippen molar-refractivity contribution in [2.24, 2.45) is 0 Å². The van der Waals surface area contributed by atoms with Crippen LogP contribution in [0.15, 0.2) is 23.8 Å². The Hall–Kier alpha value is -1.24. The first-order chi connectivity index (χ1) is 9.78. The van der Waals surface area contributed by atoms with Gasteiger partial charge in [-0.1, -0.05) is 30.9 Å². The first kappa shape index (κ1) is 12.5. The third-order valence-electron chi connectivity index (χ3n) is 5.63. The molecule has 0 amide bonds. The van der Waals surface area contributed by atoms with E-state index in [1.54, 1.807) is 11.1 Å². The van der Waals surface area contributed by atoms with Crippen molar-refractivity contribution in [3.63, 3.8) is 0 Å². The van der Waals surface area contributed by atoms with E-state index in [0.29, 0.717) is 5.54 Å². The maximum atomic E-state index is 3.98. The van der Waals surface area contributed by atoms with Crippen LogP contribution >= 0.6 is 0 Å². The fraction of sp³-hybridized carbons (Fsp3) is 0.579. The van der Waals surface area contributed by atoms with Crippen LogP contribution in [0, 0.1) is 6.92 Å². The Kier molecular flexibility index (Phi) is 2.90. The van der Waals surface area contributed by atoms with Gasteiger partial charge in [-0.15, -0.1) is 0 Å². The normalized spacial score (nSPS) is 24.1. The summed E-state index contributed by atoms with van der Waals surface area (Å²) in [6, 6.07) is 6.98. The third kappa shape index (κ3) is 1.82. The summed E-state index contributed by atoms with van der Waals surface area (Å²) in [5.74, 6) is 0. The van der Waals surface area contributed by atoms with Gasteiger partial charge in [0, 0.05) is 11.3 Å². The van der Waals surface area contributed by atoms with E-state index >= 15 is 0 Å². The lowest BCUT2D eigenvalue weighted by atomic mass is 9.67. The van der Waals surface area contributed by atoms with Crippen LogP contribution in [0.5, 0.6) is 0 Å². The van der Waals surface area contributed by atoms with Crippen LogP contribution in [-0.4, -0.2) is 5.54 Å². The van der Waals surface area contributed by atoms with Crippen LogP contribution in [0.2, 0.25) is 0 Å². The molecule has 1 nitrogen and oxygen atoms in total. The highest BCUT2D eigenvalue weighted by Crippen LogP contribution is 2.50. The minimum Gasteiger partial charge on any atom is -0.375 e. The molecule has 0 saturated heterocycles. The first-order valence-corrected chi connectivity index (χ1v) is 8.40. The number of anilines is 1. The van der Waals surface area contributed by atoms with E-state index in [4.69, 9.17) is 0 Å². The summed E-state index contributed by atoms with van der Waals surface area (Å²) in [6.45, 7) is 2.22.